The normalized spacial score (nSPS) is 12.7. The SMILES string of the molecule is CCc1csc([C@H](Cc2ccc(NS(=O)O)cc2)NC(=O)CNC(=O)OC)n1. The Bertz CT molecular complexity index is 825. The number of carbonyl (C=O) groups is 2. The molecule has 1 heterocycles. The Hall–Kier alpha value is -2.50. The second kappa shape index (κ2) is 10.7. The molecule has 0 aliphatic carbocycles. The van der Waals surface area contributed by atoms with Crippen molar-refractivity contribution < 1.29 is 23.1 Å². The quantitative estimate of drug-likeness (QED) is 0.454. The van der Waals surface area contributed by atoms with Crippen molar-refractivity contribution >= 4 is 40.3 Å². The maximum atomic E-state index is 12.2. The van der Waals surface area contributed by atoms with Crippen LogP contribution < -0.4 is 15.4 Å². The van der Waals surface area contributed by atoms with Gasteiger partial charge in [0.25, 0.3) is 11.3 Å². The molecule has 4 N–H and O–H groups in total. The van der Waals surface area contributed by atoms with Crippen molar-refractivity contribution in [2.45, 2.75) is 25.8 Å². The second-order valence-electron chi connectivity index (χ2n) is 5.75. The summed E-state index contributed by atoms with van der Waals surface area (Å²) in [6.07, 6.45) is 0.585. The number of hydrogen-bond acceptors (Lipinski definition) is 6. The predicted octanol–water partition coefficient (Wildman–Crippen LogP) is 2.01. The van der Waals surface area contributed by atoms with E-state index in [0.29, 0.717) is 12.1 Å². The summed E-state index contributed by atoms with van der Waals surface area (Å²) in [5.41, 5.74) is 2.36. The number of methoxy groups -OCH3 is 1. The zero-order chi connectivity index (χ0) is 20.5. The smallest absolute Gasteiger partial charge is 0.407 e. The lowest BCUT2D eigenvalue weighted by atomic mass is 10.1. The average Bonchev–Trinajstić information content (AvgIpc) is 3.16. The first kappa shape index (κ1) is 21.8. The number of amides is 2. The Kier molecular flexibility index (Phi) is 8.36. The summed E-state index contributed by atoms with van der Waals surface area (Å²) in [6, 6.07) is 6.59. The van der Waals surface area contributed by atoms with E-state index in [-0.39, 0.29) is 18.5 Å². The molecule has 0 saturated heterocycles. The zero-order valence-corrected chi connectivity index (χ0v) is 17.1. The largest absolute Gasteiger partial charge is 0.453 e. The van der Waals surface area contributed by atoms with Gasteiger partial charge in [-0.25, -0.2) is 14.0 Å². The van der Waals surface area contributed by atoms with Crippen LogP contribution >= 0.6 is 11.3 Å². The molecule has 0 fully saturated rings. The number of aryl methyl sites for hydroxylation is 1. The fourth-order valence-corrected chi connectivity index (χ4v) is 3.65. The molecule has 0 saturated carbocycles. The number of rotatable bonds is 9. The van der Waals surface area contributed by atoms with Crippen molar-refractivity contribution in [3.05, 3.63) is 45.9 Å². The van der Waals surface area contributed by atoms with Crippen LogP contribution in [0.5, 0.6) is 0 Å². The Morgan fingerprint density at radius 2 is 2.04 bits per heavy atom. The van der Waals surface area contributed by atoms with Crippen LogP contribution in [0.4, 0.5) is 10.5 Å². The zero-order valence-electron chi connectivity index (χ0n) is 15.4. The summed E-state index contributed by atoms with van der Waals surface area (Å²) in [5.74, 6) is -0.363. The van der Waals surface area contributed by atoms with Crippen LogP contribution in [0, 0.1) is 0 Å². The van der Waals surface area contributed by atoms with Gasteiger partial charge >= 0.3 is 6.09 Å². The van der Waals surface area contributed by atoms with Gasteiger partial charge in [0.2, 0.25) is 5.91 Å². The van der Waals surface area contributed by atoms with E-state index in [1.807, 2.05) is 12.3 Å². The summed E-state index contributed by atoms with van der Waals surface area (Å²) < 4.78 is 26.5. The van der Waals surface area contributed by atoms with Gasteiger partial charge in [-0.3, -0.25) is 14.1 Å². The van der Waals surface area contributed by atoms with Crippen molar-refractivity contribution in [1.82, 2.24) is 15.6 Å². The molecular formula is C17H22N4O5S2. The summed E-state index contributed by atoms with van der Waals surface area (Å²) in [5, 5.41) is 7.94. The lowest BCUT2D eigenvalue weighted by Gasteiger charge is -2.17. The fraction of sp³-hybridized carbons (Fsp3) is 0.353. The maximum absolute atomic E-state index is 12.2. The molecule has 2 rings (SSSR count). The molecule has 2 aromatic rings. The number of carbonyl (C=O) groups excluding carboxylic acids is 2. The summed E-state index contributed by atoms with van der Waals surface area (Å²) in [6.45, 7) is 1.80. The number of nitrogens with zero attached hydrogens (tertiary/aromatic N) is 1. The molecule has 152 valence electrons. The van der Waals surface area contributed by atoms with Crippen LogP contribution in [0.1, 0.15) is 29.2 Å². The maximum Gasteiger partial charge on any atom is 0.407 e. The van der Waals surface area contributed by atoms with E-state index in [1.54, 1.807) is 24.3 Å². The Balaban J connectivity index is 2.10. The molecule has 9 nitrogen and oxygen atoms in total. The molecule has 1 aromatic heterocycles. The summed E-state index contributed by atoms with van der Waals surface area (Å²) in [7, 11) is 1.22. The number of nitrogens with one attached hydrogen (secondary N) is 3. The van der Waals surface area contributed by atoms with Crippen LogP contribution in [-0.4, -0.2) is 39.4 Å². The molecule has 1 unspecified atom stereocenters. The predicted molar refractivity (Wildman–Crippen MR) is 107 cm³/mol. The highest BCUT2D eigenvalue weighted by Crippen LogP contribution is 2.23. The van der Waals surface area contributed by atoms with Crippen LogP contribution in [0.25, 0.3) is 0 Å². The van der Waals surface area contributed by atoms with Gasteiger partial charge in [0.05, 0.1) is 18.8 Å². The molecule has 11 heteroatoms. The lowest BCUT2D eigenvalue weighted by molar-refractivity contribution is -0.120. The molecule has 2 amide bonds. The minimum Gasteiger partial charge on any atom is -0.453 e. The van der Waals surface area contributed by atoms with Crippen molar-refractivity contribution in [1.29, 1.82) is 0 Å². The first-order valence-corrected chi connectivity index (χ1v) is 10.4. The second-order valence-corrected chi connectivity index (χ2v) is 7.34. The van der Waals surface area contributed by atoms with E-state index in [0.717, 1.165) is 22.7 Å². The van der Waals surface area contributed by atoms with Gasteiger partial charge in [-0.1, -0.05) is 19.1 Å². The number of aromatic nitrogens is 1. The number of alkyl carbamates (subject to hydrolysis) is 1. The van der Waals surface area contributed by atoms with Crippen molar-refractivity contribution in [2.24, 2.45) is 0 Å². The third kappa shape index (κ3) is 6.91. The highest BCUT2D eigenvalue weighted by Gasteiger charge is 2.19. The Labute approximate surface area is 169 Å². The van der Waals surface area contributed by atoms with Crippen molar-refractivity contribution in [3.8, 4) is 0 Å². The van der Waals surface area contributed by atoms with E-state index in [2.05, 4.69) is 25.1 Å². The molecule has 0 spiro atoms. The molecule has 0 aliphatic heterocycles. The third-order valence-electron chi connectivity index (χ3n) is 3.74. The van der Waals surface area contributed by atoms with Crippen LogP contribution in [-0.2, 0) is 33.6 Å². The number of anilines is 1. The van der Waals surface area contributed by atoms with E-state index >= 15 is 0 Å². The van der Waals surface area contributed by atoms with E-state index < -0.39 is 17.4 Å². The number of ether oxygens (including phenoxy) is 1. The molecule has 1 aromatic carbocycles. The van der Waals surface area contributed by atoms with Gasteiger partial charge in [-0.2, -0.15) is 0 Å². The van der Waals surface area contributed by atoms with Gasteiger partial charge in [0, 0.05) is 11.1 Å². The minimum atomic E-state index is -2.14. The lowest BCUT2D eigenvalue weighted by Crippen LogP contribution is -2.39. The van der Waals surface area contributed by atoms with Gasteiger partial charge in [0.1, 0.15) is 11.6 Å². The molecule has 0 bridgehead atoms. The number of benzene rings is 1. The van der Waals surface area contributed by atoms with E-state index in [4.69, 9.17) is 4.55 Å². The van der Waals surface area contributed by atoms with E-state index in [9.17, 15) is 13.8 Å². The average molecular weight is 427 g/mol. The summed E-state index contributed by atoms with van der Waals surface area (Å²) in [4.78, 5) is 27.9. The van der Waals surface area contributed by atoms with Crippen LogP contribution in [0.3, 0.4) is 0 Å². The van der Waals surface area contributed by atoms with Gasteiger partial charge in [-0.15, -0.1) is 11.3 Å². The summed E-state index contributed by atoms with van der Waals surface area (Å²) >= 11 is -0.677. The Morgan fingerprint density at radius 1 is 1.32 bits per heavy atom. The molecular weight excluding hydrogens is 404 g/mol. The highest BCUT2D eigenvalue weighted by atomic mass is 32.2. The first-order chi connectivity index (χ1) is 13.4. The Morgan fingerprint density at radius 3 is 2.61 bits per heavy atom. The van der Waals surface area contributed by atoms with Crippen molar-refractivity contribution in [3.63, 3.8) is 0 Å². The standard InChI is InChI=1S/C17H22N4O5S2/c1-3-12-10-27-16(19-12)14(20-15(22)9-18-17(23)26-2)8-11-4-6-13(7-5-11)21-28(24)25/h4-7,10,14,21H,3,8-9H2,1-2H3,(H,18,23)(H,20,22)(H,24,25)/t14-/m0/s1. The number of thiazole rings is 1. The van der Waals surface area contributed by atoms with Crippen LogP contribution in [0.2, 0.25) is 0 Å². The van der Waals surface area contributed by atoms with Crippen LogP contribution in [0.15, 0.2) is 29.6 Å². The third-order valence-corrected chi connectivity index (χ3v) is 5.16. The molecule has 28 heavy (non-hydrogen) atoms. The number of hydrogen-bond donors (Lipinski definition) is 4. The highest BCUT2D eigenvalue weighted by molar-refractivity contribution is 7.80. The van der Waals surface area contributed by atoms with Gasteiger partial charge in [-0.05, 0) is 30.5 Å². The van der Waals surface area contributed by atoms with Gasteiger partial charge < -0.3 is 15.4 Å². The fourth-order valence-electron chi connectivity index (χ4n) is 2.36. The minimum absolute atomic E-state index is 0.208. The van der Waals surface area contributed by atoms with Crippen molar-refractivity contribution in [2.75, 3.05) is 18.4 Å². The molecule has 2 atom stereocenters. The molecule has 0 aliphatic rings. The first-order valence-electron chi connectivity index (χ1n) is 8.43. The van der Waals surface area contributed by atoms with E-state index in [1.165, 1.54) is 18.4 Å². The monoisotopic (exact) mass is 426 g/mol. The molecule has 0 radical (unpaired) electrons. The van der Waals surface area contributed by atoms with Gasteiger partial charge in [0.15, 0.2) is 0 Å². The topological polar surface area (TPSA) is 130 Å².